The van der Waals surface area contributed by atoms with Crippen molar-refractivity contribution < 1.29 is 35.8 Å². The van der Waals surface area contributed by atoms with Gasteiger partial charge in [0.15, 0.2) is 0 Å². The quantitative estimate of drug-likeness (QED) is 0.518. The molecule has 0 heterocycles. The molecular formula is C9H10IO3-. The van der Waals surface area contributed by atoms with Gasteiger partial charge in [0.25, 0.3) is 0 Å². The molecule has 0 saturated heterocycles. The fraction of sp³-hybridized carbons (Fsp3) is 0.222. The van der Waals surface area contributed by atoms with Gasteiger partial charge < -0.3 is 0 Å². The van der Waals surface area contributed by atoms with Crippen LogP contribution in [0.5, 0.6) is 5.75 Å². The number of carboxylic acids is 1. The SMILES string of the molecule is C[I-]c1cccc(OCC(=O)O)c1. The van der Waals surface area contributed by atoms with E-state index in [1.807, 2.05) is 18.2 Å². The Hall–Kier alpha value is -0.780. The molecule has 1 rings (SSSR count). The van der Waals surface area contributed by atoms with Crippen LogP contribution in [0.3, 0.4) is 0 Å². The van der Waals surface area contributed by atoms with Crippen molar-refractivity contribution in [1.29, 1.82) is 0 Å². The van der Waals surface area contributed by atoms with Crippen molar-refractivity contribution in [3.05, 3.63) is 27.8 Å². The molecule has 0 unspecified atom stereocenters. The maximum absolute atomic E-state index is 10.2. The molecule has 0 spiro atoms. The molecule has 0 amide bonds. The summed E-state index contributed by atoms with van der Waals surface area (Å²) in [6.07, 6.45) is 0. The Morgan fingerprint density at radius 2 is 2.38 bits per heavy atom. The van der Waals surface area contributed by atoms with E-state index < -0.39 is 5.97 Å². The van der Waals surface area contributed by atoms with Gasteiger partial charge in [-0.05, 0) is 0 Å². The van der Waals surface area contributed by atoms with Crippen molar-refractivity contribution >= 4 is 5.97 Å². The molecule has 0 aromatic heterocycles. The van der Waals surface area contributed by atoms with Crippen molar-refractivity contribution in [2.75, 3.05) is 11.5 Å². The normalized spacial score (nSPS) is 9.92. The number of ether oxygens (including phenoxy) is 1. The monoisotopic (exact) mass is 293 g/mol. The molecule has 0 bridgehead atoms. The van der Waals surface area contributed by atoms with Crippen LogP contribution in [-0.2, 0) is 4.79 Å². The van der Waals surface area contributed by atoms with Crippen molar-refractivity contribution in [3.63, 3.8) is 0 Å². The second-order valence-electron chi connectivity index (χ2n) is 2.33. The first-order valence-corrected chi connectivity index (χ1v) is 6.90. The molecule has 4 heteroatoms. The predicted octanol–water partition coefficient (Wildman–Crippen LogP) is -1.96. The van der Waals surface area contributed by atoms with E-state index in [1.54, 1.807) is 6.07 Å². The summed E-state index contributed by atoms with van der Waals surface area (Å²) in [6, 6.07) is 7.58. The summed E-state index contributed by atoms with van der Waals surface area (Å²) in [7, 11) is 0. The summed E-state index contributed by atoms with van der Waals surface area (Å²) in [4.78, 5) is 12.4. The van der Waals surface area contributed by atoms with E-state index in [-0.39, 0.29) is 27.8 Å². The van der Waals surface area contributed by atoms with Crippen LogP contribution in [0.15, 0.2) is 24.3 Å². The number of aliphatic carboxylic acids is 1. The molecule has 0 fully saturated rings. The molecule has 3 nitrogen and oxygen atoms in total. The van der Waals surface area contributed by atoms with Crippen LogP contribution in [0.2, 0.25) is 0 Å². The van der Waals surface area contributed by atoms with E-state index in [2.05, 4.69) is 4.93 Å². The maximum atomic E-state index is 10.2. The number of carboxylic acid groups (broad SMARTS) is 1. The zero-order valence-electron chi connectivity index (χ0n) is 7.16. The van der Waals surface area contributed by atoms with Crippen LogP contribution < -0.4 is 25.9 Å². The first kappa shape index (κ1) is 10.3. The summed E-state index contributed by atoms with van der Waals surface area (Å²) in [6.45, 7) is -0.272. The van der Waals surface area contributed by atoms with Gasteiger partial charge in [-0.25, -0.2) is 0 Å². The number of alkyl halides is 1. The predicted molar refractivity (Wildman–Crippen MR) is 44.2 cm³/mol. The molecule has 72 valence electrons. The minimum atomic E-state index is -0.948. The Bertz CT molecular complexity index is 299. The summed E-state index contributed by atoms with van der Waals surface area (Å²) < 4.78 is 6.28. The van der Waals surface area contributed by atoms with E-state index in [4.69, 9.17) is 9.84 Å². The molecule has 0 saturated carbocycles. The summed E-state index contributed by atoms with van der Waals surface area (Å²) in [5.74, 6) is -0.307. The van der Waals surface area contributed by atoms with Gasteiger partial charge in [0.1, 0.15) is 0 Å². The Kier molecular flexibility index (Phi) is 4.01. The van der Waals surface area contributed by atoms with Crippen LogP contribution in [-0.4, -0.2) is 22.6 Å². The number of rotatable bonds is 4. The number of hydrogen-bond acceptors (Lipinski definition) is 2. The third-order valence-corrected chi connectivity index (χ3v) is 3.29. The van der Waals surface area contributed by atoms with Gasteiger partial charge in [0, 0.05) is 0 Å². The van der Waals surface area contributed by atoms with Crippen LogP contribution in [0.1, 0.15) is 0 Å². The second kappa shape index (κ2) is 5.06. The molecule has 0 aliphatic carbocycles. The first-order chi connectivity index (χ1) is 6.22. The zero-order chi connectivity index (χ0) is 9.68. The van der Waals surface area contributed by atoms with Gasteiger partial charge in [0.2, 0.25) is 0 Å². The van der Waals surface area contributed by atoms with Crippen LogP contribution in [0, 0.1) is 3.57 Å². The fourth-order valence-electron chi connectivity index (χ4n) is 0.819. The molecule has 13 heavy (non-hydrogen) atoms. The molecule has 1 aromatic carbocycles. The molecule has 0 aliphatic rings. The van der Waals surface area contributed by atoms with E-state index in [0.29, 0.717) is 5.75 Å². The van der Waals surface area contributed by atoms with Gasteiger partial charge in [-0.2, -0.15) is 0 Å². The van der Waals surface area contributed by atoms with Crippen LogP contribution in [0.25, 0.3) is 0 Å². The summed E-state index contributed by atoms with van der Waals surface area (Å²) in [5, 5.41) is 8.38. The number of halogens is 1. The third-order valence-electron chi connectivity index (χ3n) is 1.38. The van der Waals surface area contributed by atoms with E-state index in [0.717, 1.165) is 0 Å². The summed E-state index contributed by atoms with van der Waals surface area (Å²) >= 11 is 0.0380. The average Bonchev–Trinajstić information content (AvgIpc) is 2.15. The molecule has 1 aromatic rings. The van der Waals surface area contributed by atoms with Gasteiger partial charge >= 0.3 is 86.9 Å². The van der Waals surface area contributed by atoms with Crippen molar-refractivity contribution in [3.8, 4) is 5.75 Å². The van der Waals surface area contributed by atoms with Crippen LogP contribution in [0.4, 0.5) is 0 Å². The van der Waals surface area contributed by atoms with Crippen LogP contribution >= 0.6 is 0 Å². The number of hydrogen-bond donors (Lipinski definition) is 1. The van der Waals surface area contributed by atoms with E-state index in [1.165, 1.54) is 3.57 Å². The summed E-state index contributed by atoms with van der Waals surface area (Å²) in [5.41, 5.74) is 0. The van der Waals surface area contributed by atoms with Gasteiger partial charge in [-0.15, -0.1) is 0 Å². The number of benzene rings is 1. The standard InChI is InChI=1S/C9H10IO3/c1-10-7-3-2-4-8(5-7)13-6-9(11)12/h2-5H,6H2,1H3,(H,11,12)/q-1. The Morgan fingerprint density at radius 1 is 1.62 bits per heavy atom. The molecule has 0 radical (unpaired) electrons. The molecule has 0 aliphatic heterocycles. The molecular weight excluding hydrogens is 283 g/mol. The molecule has 0 atom stereocenters. The van der Waals surface area contributed by atoms with Gasteiger partial charge in [-0.3, -0.25) is 0 Å². The van der Waals surface area contributed by atoms with Crippen molar-refractivity contribution in [1.82, 2.24) is 0 Å². The second-order valence-corrected chi connectivity index (χ2v) is 4.65. The fourth-order valence-corrected chi connectivity index (χ4v) is 2.00. The Labute approximate surface area is 87.0 Å². The Morgan fingerprint density at radius 3 is 3.00 bits per heavy atom. The number of carbonyl (C=O) groups is 1. The zero-order valence-corrected chi connectivity index (χ0v) is 9.32. The van der Waals surface area contributed by atoms with E-state index >= 15 is 0 Å². The average molecular weight is 293 g/mol. The molecule has 1 N–H and O–H groups in total. The third kappa shape index (κ3) is 3.63. The minimum absolute atomic E-state index is 0.0380. The van der Waals surface area contributed by atoms with E-state index in [9.17, 15) is 4.79 Å². The van der Waals surface area contributed by atoms with Crippen molar-refractivity contribution in [2.45, 2.75) is 0 Å². The van der Waals surface area contributed by atoms with Crippen molar-refractivity contribution in [2.24, 2.45) is 0 Å². The first-order valence-electron chi connectivity index (χ1n) is 3.66. The Balaban J connectivity index is 2.61. The topological polar surface area (TPSA) is 46.5 Å². The van der Waals surface area contributed by atoms with Gasteiger partial charge in [0.05, 0.1) is 0 Å². The van der Waals surface area contributed by atoms with Gasteiger partial charge in [-0.1, -0.05) is 0 Å².